The van der Waals surface area contributed by atoms with E-state index in [1.54, 1.807) is 0 Å². The summed E-state index contributed by atoms with van der Waals surface area (Å²) in [6.45, 7) is 15.2. The fourth-order valence-electron chi connectivity index (χ4n) is 4.31. The molecule has 1 aromatic rings. The van der Waals surface area contributed by atoms with Crippen LogP contribution < -0.4 is 0 Å². The number of ether oxygens (including phenoxy) is 7. The van der Waals surface area contributed by atoms with Crippen LogP contribution in [0.15, 0.2) is 55.6 Å². The Labute approximate surface area is 263 Å². The standard InChI is InChI=1S/C36H62O7/c1-3-5-7-9-11-13-18-22-40-33-36(43-23-19-14-12-10-8-6-4-2)34-42-31-29-39-27-25-37-24-26-38-28-30-41-32-35-20-16-15-17-21-35/h3-4,15-17,20-21,36H,1-2,5-14,18-19,22-34H2/t36-/m1/s1. The zero-order valence-electron chi connectivity index (χ0n) is 27.1. The van der Waals surface area contributed by atoms with E-state index in [-0.39, 0.29) is 6.10 Å². The number of allylic oxidation sites excluding steroid dienone is 2. The van der Waals surface area contributed by atoms with E-state index in [0.717, 1.165) is 38.9 Å². The normalized spacial score (nSPS) is 12.0. The first-order valence-corrected chi connectivity index (χ1v) is 16.7. The lowest BCUT2D eigenvalue weighted by molar-refractivity contribution is -0.0702. The Kier molecular flexibility index (Phi) is 30.6. The molecule has 0 bridgehead atoms. The first kappa shape index (κ1) is 39.4. The predicted molar refractivity (Wildman–Crippen MR) is 176 cm³/mol. The van der Waals surface area contributed by atoms with Crippen molar-refractivity contribution in [2.45, 2.75) is 89.8 Å². The van der Waals surface area contributed by atoms with Gasteiger partial charge in [-0.15, -0.1) is 13.2 Å². The van der Waals surface area contributed by atoms with E-state index >= 15 is 0 Å². The van der Waals surface area contributed by atoms with Gasteiger partial charge >= 0.3 is 0 Å². The van der Waals surface area contributed by atoms with Gasteiger partial charge in [-0.1, -0.05) is 81.0 Å². The summed E-state index contributed by atoms with van der Waals surface area (Å²) in [5.41, 5.74) is 1.17. The van der Waals surface area contributed by atoms with Gasteiger partial charge in [-0.2, -0.15) is 0 Å². The van der Waals surface area contributed by atoms with E-state index in [0.29, 0.717) is 72.7 Å². The molecule has 0 aliphatic carbocycles. The molecule has 0 radical (unpaired) electrons. The zero-order valence-corrected chi connectivity index (χ0v) is 27.1. The maximum Gasteiger partial charge on any atom is 0.104 e. The van der Waals surface area contributed by atoms with E-state index in [1.165, 1.54) is 56.9 Å². The summed E-state index contributed by atoms with van der Waals surface area (Å²) in [7, 11) is 0. The first-order valence-electron chi connectivity index (χ1n) is 16.7. The van der Waals surface area contributed by atoms with Gasteiger partial charge in [-0.05, 0) is 44.1 Å². The molecule has 1 rings (SSSR count). The van der Waals surface area contributed by atoms with Crippen molar-refractivity contribution in [2.24, 2.45) is 0 Å². The molecule has 0 unspecified atom stereocenters. The van der Waals surface area contributed by atoms with Crippen LogP contribution >= 0.6 is 0 Å². The van der Waals surface area contributed by atoms with Gasteiger partial charge in [0, 0.05) is 13.2 Å². The molecule has 0 saturated carbocycles. The summed E-state index contributed by atoms with van der Waals surface area (Å²) in [6, 6.07) is 10.1. The highest BCUT2D eigenvalue weighted by Crippen LogP contribution is 2.08. The Morgan fingerprint density at radius 3 is 1.47 bits per heavy atom. The van der Waals surface area contributed by atoms with Gasteiger partial charge < -0.3 is 33.2 Å². The SMILES string of the molecule is C=CCCCCCCCOC[C@H](COCCOCCOCCOCCOCc1ccccc1)OCCCCCCCC=C. The molecule has 0 heterocycles. The molecule has 0 aromatic heterocycles. The van der Waals surface area contributed by atoms with Crippen LogP contribution in [0.4, 0.5) is 0 Å². The number of rotatable bonds is 35. The van der Waals surface area contributed by atoms with Crippen molar-refractivity contribution < 1.29 is 33.2 Å². The Morgan fingerprint density at radius 2 is 0.907 bits per heavy atom. The van der Waals surface area contributed by atoms with Crippen molar-refractivity contribution in [3.63, 3.8) is 0 Å². The predicted octanol–water partition coefficient (Wildman–Crippen LogP) is 7.72. The zero-order chi connectivity index (χ0) is 30.7. The lowest BCUT2D eigenvalue weighted by Gasteiger charge is -2.18. The Bertz CT molecular complexity index is 700. The van der Waals surface area contributed by atoms with Gasteiger partial charge in [0.15, 0.2) is 0 Å². The second-order valence-corrected chi connectivity index (χ2v) is 10.7. The molecule has 248 valence electrons. The molecule has 0 aliphatic heterocycles. The molecular formula is C36H62O7. The highest BCUT2D eigenvalue weighted by atomic mass is 16.6. The highest BCUT2D eigenvalue weighted by Gasteiger charge is 2.10. The van der Waals surface area contributed by atoms with Crippen molar-refractivity contribution in [3.05, 3.63) is 61.2 Å². The van der Waals surface area contributed by atoms with Crippen molar-refractivity contribution in [1.29, 1.82) is 0 Å². The van der Waals surface area contributed by atoms with Gasteiger partial charge in [0.1, 0.15) is 6.10 Å². The van der Waals surface area contributed by atoms with Crippen LogP contribution in [-0.2, 0) is 39.8 Å². The molecule has 1 aromatic carbocycles. The molecule has 1 atom stereocenters. The Balaban J connectivity index is 1.99. The largest absolute Gasteiger partial charge is 0.379 e. The van der Waals surface area contributed by atoms with Crippen LogP contribution in [-0.4, -0.2) is 85.4 Å². The molecule has 7 nitrogen and oxygen atoms in total. The summed E-state index contributed by atoms with van der Waals surface area (Å²) in [6.07, 6.45) is 18.3. The van der Waals surface area contributed by atoms with Gasteiger partial charge in [0.05, 0.1) is 72.7 Å². The van der Waals surface area contributed by atoms with E-state index in [1.807, 2.05) is 30.4 Å². The Hall–Kier alpha value is -1.58. The third kappa shape index (κ3) is 28.9. The van der Waals surface area contributed by atoms with Crippen molar-refractivity contribution >= 4 is 0 Å². The van der Waals surface area contributed by atoms with Gasteiger partial charge in [-0.3, -0.25) is 0 Å². The lowest BCUT2D eigenvalue weighted by Crippen LogP contribution is -2.27. The van der Waals surface area contributed by atoms with Crippen LogP contribution in [0.2, 0.25) is 0 Å². The number of hydrogen-bond donors (Lipinski definition) is 0. The molecular weight excluding hydrogens is 544 g/mol. The maximum absolute atomic E-state index is 6.12. The van der Waals surface area contributed by atoms with E-state index in [2.05, 4.69) is 25.3 Å². The van der Waals surface area contributed by atoms with Crippen molar-refractivity contribution in [1.82, 2.24) is 0 Å². The van der Waals surface area contributed by atoms with Crippen LogP contribution in [0.1, 0.15) is 82.6 Å². The summed E-state index contributed by atoms with van der Waals surface area (Å²) in [4.78, 5) is 0. The number of benzene rings is 1. The smallest absolute Gasteiger partial charge is 0.104 e. The lowest BCUT2D eigenvalue weighted by atomic mass is 10.1. The molecule has 0 fully saturated rings. The van der Waals surface area contributed by atoms with Gasteiger partial charge in [0.2, 0.25) is 0 Å². The summed E-state index contributed by atoms with van der Waals surface area (Å²) in [5, 5.41) is 0. The van der Waals surface area contributed by atoms with E-state index < -0.39 is 0 Å². The fourth-order valence-corrected chi connectivity index (χ4v) is 4.31. The van der Waals surface area contributed by atoms with Crippen LogP contribution in [0.5, 0.6) is 0 Å². The van der Waals surface area contributed by atoms with Gasteiger partial charge in [-0.25, -0.2) is 0 Å². The maximum atomic E-state index is 6.12. The minimum atomic E-state index is -0.0413. The quantitative estimate of drug-likeness (QED) is 0.0579. The van der Waals surface area contributed by atoms with Crippen LogP contribution in [0.3, 0.4) is 0 Å². The molecule has 0 spiro atoms. The van der Waals surface area contributed by atoms with E-state index in [9.17, 15) is 0 Å². The third-order valence-corrected chi connectivity index (χ3v) is 6.81. The van der Waals surface area contributed by atoms with E-state index in [4.69, 9.17) is 33.2 Å². The Morgan fingerprint density at radius 1 is 0.465 bits per heavy atom. The first-order chi connectivity index (χ1) is 21.4. The average molecular weight is 607 g/mol. The summed E-state index contributed by atoms with van der Waals surface area (Å²) >= 11 is 0. The van der Waals surface area contributed by atoms with Crippen molar-refractivity contribution in [3.8, 4) is 0 Å². The fraction of sp³-hybridized carbons (Fsp3) is 0.722. The minimum absolute atomic E-state index is 0.0413. The molecule has 0 N–H and O–H groups in total. The van der Waals surface area contributed by atoms with Crippen LogP contribution in [0, 0.1) is 0 Å². The molecule has 0 amide bonds. The number of unbranched alkanes of at least 4 members (excludes halogenated alkanes) is 10. The number of hydrogen-bond acceptors (Lipinski definition) is 7. The second-order valence-electron chi connectivity index (χ2n) is 10.7. The minimum Gasteiger partial charge on any atom is -0.379 e. The summed E-state index contributed by atoms with van der Waals surface area (Å²) < 4.78 is 40.3. The van der Waals surface area contributed by atoms with Crippen molar-refractivity contribution in [2.75, 3.05) is 79.3 Å². The van der Waals surface area contributed by atoms with Crippen LogP contribution in [0.25, 0.3) is 0 Å². The highest BCUT2D eigenvalue weighted by molar-refractivity contribution is 5.13. The topological polar surface area (TPSA) is 64.6 Å². The molecule has 0 saturated heterocycles. The monoisotopic (exact) mass is 606 g/mol. The molecule has 7 heteroatoms. The third-order valence-electron chi connectivity index (χ3n) is 6.81. The average Bonchev–Trinajstić information content (AvgIpc) is 3.03. The van der Waals surface area contributed by atoms with Gasteiger partial charge in [0.25, 0.3) is 0 Å². The molecule has 0 aliphatic rings. The summed E-state index contributed by atoms with van der Waals surface area (Å²) in [5.74, 6) is 0. The second kappa shape index (κ2) is 33.3. The molecule has 43 heavy (non-hydrogen) atoms.